The van der Waals surface area contributed by atoms with Gasteiger partial charge in [-0.25, -0.2) is 10.3 Å². The van der Waals surface area contributed by atoms with Crippen LogP contribution < -0.4 is 16.1 Å². The normalized spacial score (nSPS) is 12.7. The Morgan fingerprint density at radius 1 is 0.816 bits per heavy atom. The number of alkyl carbamates (subject to hydrolysis) is 1. The van der Waals surface area contributed by atoms with Crippen LogP contribution in [0.15, 0.2) is 78.9 Å². The van der Waals surface area contributed by atoms with Crippen LogP contribution in [0.4, 0.5) is 4.79 Å². The lowest BCUT2D eigenvalue weighted by Crippen LogP contribution is -2.46. The number of hydrogen-bond acceptors (Lipinski definition) is 5. The molecule has 38 heavy (non-hydrogen) atoms. The number of carbonyl (C=O) groups is 3. The molecule has 1 aliphatic rings. The lowest BCUT2D eigenvalue weighted by Gasteiger charge is -2.20. The third-order valence-corrected chi connectivity index (χ3v) is 6.78. The minimum Gasteiger partial charge on any atom is -0.449 e. The molecule has 0 bridgehead atoms. The van der Waals surface area contributed by atoms with E-state index in [-0.39, 0.29) is 24.9 Å². The number of hydroxylamine groups is 1. The Bertz CT molecular complexity index is 1200. The molecule has 1 atom stereocenters. The molecular formula is C30H33N3O5. The minimum absolute atomic E-state index is 0.0730. The summed E-state index contributed by atoms with van der Waals surface area (Å²) in [4.78, 5) is 37.0. The number of unbranched alkanes of at least 4 members (excludes halogenated alkanes) is 2. The Morgan fingerprint density at radius 2 is 1.45 bits per heavy atom. The van der Waals surface area contributed by atoms with Crippen LogP contribution in [0.2, 0.25) is 0 Å². The minimum atomic E-state index is -0.777. The van der Waals surface area contributed by atoms with E-state index in [1.807, 2.05) is 54.6 Å². The number of amides is 3. The van der Waals surface area contributed by atoms with Crippen molar-refractivity contribution in [1.82, 2.24) is 16.1 Å². The first-order valence-electron chi connectivity index (χ1n) is 12.9. The number of hydrogen-bond donors (Lipinski definition) is 4. The molecule has 0 aliphatic heterocycles. The largest absolute Gasteiger partial charge is 0.449 e. The van der Waals surface area contributed by atoms with Crippen LogP contribution in [0.1, 0.15) is 54.7 Å². The van der Waals surface area contributed by atoms with Gasteiger partial charge in [0.05, 0.1) is 0 Å². The standard InChI is InChI=1S/C30H33N3O5/c34-28(33-37)18-6-2-5-17-27(29(35)31-19-21-11-3-1-4-12-21)32-30(36)38-20-26-24-15-9-7-13-22(24)23-14-8-10-16-25(23)26/h1,3-4,7-16,26-27,37H,2,5-6,17-20H2,(H,31,35)(H,32,36)(H,33,34)/t27-/m0/s1. The van der Waals surface area contributed by atoms with E-state index in [1.165, 1.54) is 0 Å². The van der Waals surface area contributed by atoms with Crippen molar-refractivity contribution < 1.29 is 24.3 Å². The summed E-state index contributed by atoms with van der Waals surface area (Å²) in [6.07, 6.45) is 1.79. The predicted molar refractivity (Wildman–Crippen MR) is 143 cm³/mol. The lowest BCUT2D eigenvalue weighted by atomic mass is 9.98. The summed E-state index contributed by atoms with van der Waals surface area (Å²) in [6.45, 7) is 0.508. The summed E-state index contributed by atoms with van der Waals surface area (Å²) in [5.74, 6) is -0.814. The fraction of sp³-hybridized carbons (Fsp3) is 0.300. The van der Waals surface area contributed by atoms with Gasteiger partial charge in [0, 0.05) is 18.9 Å². The second kappa shape index (κ2) is 13.4. The SMILES string of the molecule is O=C(CCCCC[C@H](NC(=O)OCC1c2ccccc2-c2ccccc21)C(=O)NCc1ccccc1)NO. The van der Waals surface area contributed by atoms with E-state index in [1.54, 1.807) is 5.48 Å². The van der Waals surface area contributed by atoms with Gasteiger partial charge in [-0.15, -0.1) is 0 Å². The highest BCUT2D eigenvalue weighted by atomic mass is 16.5. The number of carbonyl (C=O) groups excluding carboxylic acids is 3. The van der Waals surface area contributed by atoms with Gasteiger partial charge in [0.1, 0.15) is 12.6 Å². The van der Waals surface area contributed by atoms with Crippen molar-refractivity contribution in [3.05, 3.63) is 95.6 Å². The summed E-state index contributed by atoms with van der Waals surface area (Å²) < 4.78 is 5.65. The van der Waals surface area contributed by atoms with Gasteiger partial charge in [-0.2, -0.15) is 0 Å². The van der Waals surface area contributed by atoms with Crippen LogP contribution in [0.3, 0.4) is 0 Å². The van der Waals surface area contributed by atoms with Gasteiger partial charge in [-0.05, 0) is 40.7 Å². The van der Waals surface area contributed by atoms with Crippen LogP contribution in [0.25, 0.3) is 11.1 Å². The first kappa shape index (κ1) is 26.9. The first-order chi connectivity index (χ1) is 18.6. The molecule has 3 amide bonds. The molecular weight excluding hydrogens is 482 g/mol. The molecule has 4 rings (SSSR count). The maximum absolute atomic E-state index is 13.0. The molecule has 0 heterocycles. The molecule has 198 valence electrons. The van der Waals surface area contributed by atoms with E-state index in [0.717, 1.165) is 27.8 Å². The number of fused-ring (bicyclic) bond motifs is 3. The van der Waals surface area contributed by atoms with Crippen LogP contribution in [0, 0.1) is 0 Å². The third-order valence-electron chi connectivity index (χ3n) is 6.78. The Labute approximate surface area is 222 Å². The fourth-order valence-electron chi connectivity index (χ4n) is 4.83. The van der Waals surface area contributed by atoms with Crippen molar-refractivity contribution in [3.8, 4) is 11.1 Å². The quantitative estimate of drug-likeness (QED) is 0.159. The van der Waals surface area contributed by atoms with Gasteiger partial charge in [0.25, 0.3) is 0 Å². The second-order valence-electron chi connectivity index (χ2n) is 9.36. The summed E-state index contributed by atoms with van der Waals surface area (Å²) >= 11 is 0. The van der Waals surface area contributed by atoms with E-state index in [0.29, 0.717) is 32.2 Å². The molecule has 3 aromatic rings. The zero-order valence-electron chi connectivity index (χ0n) is 21.2. The second-order valence-corrected chi connectivity index (χ2v) is 9.36. The molecule has 0 radical (unpaired) electrons. The van der Waals surface area contributed by atoms with E-state index < -0.39 is 18.0 Å². The maximum atomic E-state index is 13.0. The van der Waals surface area contributed by atoms with Crippen molar-refractivity contribution in [1.29, 1.82) is 0 Å². The zero-order valence-corrected chi connectivity index (χ0v) is 21.2. The van der Waals surface area contributed by atoms with E-state index in [4.69, 9.17) is 9.94 Å². The number of nitrogens with one attached hydrogen (secondary N) is 3. The van der Waals surface area contributed by atoms with Gasteiger partial charge in [0.15, 0.2) is 0 Å². The van der Waals surface area contributed by atoms with E-state index >= 15 is 0 Å². The van der Waals surface area contributed by atoms with Gasteiger partial charge in [0.2, 0.25) is 11.8 Å². The average molecular weight is 516 g/mol. The average Bonchev–Trinajstić information content (AvgIpc) is 3.28. The molecule has 0 saturated carbocycles. The molecule has 4 N–H and O–H groups in total. The van der Waals surface area contributed by atoms with Crippen molar-refractivity contribution in [2.45, 2.75) is 50.6 Å². The Hall–Kier alpha value is -4.17. The van der Waals surface area contributed by atoms with Crippen molar-refractivity contribution >= 4 is 17.9 Å². The smallest absolute Gasteiger partial charge is 0.407 e. The molecule has 0 spiro atoms. The van der Waals surface area contributed by atoms with Crippen molar-refractivity contribution in [2.24, 2.45) is 0 Å². The monoisotopic (exact) mass is 515 g/mol. The Morgan fingerprint density at radius 3 is 2.11 bits per heavy atom. The molecule has 0 saturated heterocycles. The highest BCUT2D eigenvalue weighted by Gasteiger charge is 2.29. The highest BCUT2D eigenvalue weighted by molar-refractivity contribution is 5.85. The Kier molecular flexibility index (Phi) is 9.48. The summed E-state index contributed by atoms with van der Waals surface area (Å²) in [7, 11) is 0. The number of benzene rings is 3. The van der Waals surface area contributed by atoms with E-state index in [2.05, 4.69) is 34.9 Å². The molecule has 0 aromatic heterocycles. The Balaban J connectivity index is 1.35. The topological polar surface area (TPSA) is 117 Å². The molecule has 1 aliphatic carbocycles. The van der Waals surface area contributed by atoms with Crippen LogP contribution >= 0.6 is 0 Å². The van der Waals surface area contributed by atoms with Gasteiger partial charge < -0.3 is 15.4 Å². The summed E-state index contributed by atoms with van der Waals surface area (Å²) in [5.41, 5.74) is 7.09. The van der Waals surface area contributed by atoms with Crippen molar-refractivity contribution in [2.75, 3.05) is 6.61 Å². The maximum Gasteiger partial charge on any atom is 0.407 e. The van der Waals surface area contributed by atoms with Crippen LogP contribution in [-0.2, 0) is 20.9 Å². The molecule has 3 aromatic carbocycles. The first-order valence-corrected chi connectivity index (χ1v) is 12.9. The molecule has 8 nitrogen and oxygen atoms in total. The van der Waals surface area contributed by atoms with Gasteiger partial charge in [-0.1, -0.05) is 91.7 Å². The number of rotatable bonds is 12. The van der Waals surface area contributed by atoms with Gasteiger partial charge in [-0.3, -0.25) is 14.8 Å². The van der Waals surface area contributed by atoms with Crippen LogP contribution in [0.5, 0.6) is 0 Å². The molecule has 0 unspecified atom stereocenters. The van der Waals surface area contributed by atoms with Crippen molar-refractivity contribution in [3.63, 3.8) is 0 Å². The summed E-state index contributed by atoms with van der Waals surface area (Å²) in [5, 5.41) is 14.3. The molecule has 8 heteroatoms. The fourth-order valence-corrected chi connectivity index (χ4v) is 4.83. The highest BCUT2D eigenvalue weighted by Crippen LogP contribution is 2.44. The number of ether oxygens (including phenoxy) is 1. The molecule has 0 fully saturated rings. The van der Waals surface area contributed by atoms with Crippen LogP contribution in [-0.4, -0.2) is 35.8 Å². The van der Waals surface area contributed by atoms with Gasteiger partial charge >= 0.3 is 6.09 Å². The zero-order chi connectivity index (χ0) is 26.7. The predicted octanol–water partition coefficient (Wildman–Crippen LogP) is 4.67. The van der Waals surface area contributed by atoms with E-state index in [9.17, 15) is 14.4 Å². The lowest BCUT2D eigenvalue weighted by molar-refractivity contribution is -0.129. The summed E-state index contributed by atoms with van der Waals surface area (Å²) in [6, 6.07) is 25.0. The third kappa shape index (κ3) is 6.98.